The van der Waals surface area contributed by atoms with Crippen molar-refractivity contribution >= 4 is 23.9 Å². The molecule has 0 saturated carbocycles. The van der Waals surface area contributed by atoms with Crippen LogP contribution in [0.4, 0.5) is 0 Å². The Bertz CT molecular complexity index is 341. The largest absolute Gasteiger partial charge is 0.481 e. The van der Waals surface area contributed by atoms with Gasteiger partial charge in [0.2, 0.25) is 0 Å². The minimum Gasteiger partial charge on any atom is -0.481 e. The molecule has 0 aromatic carbocycles. The second-order valence-electron chi connectivity index (χ2n) is 3.81. The Morgan fingerprint density at radius 2 is 0.913 bits per heavy atom. The van der Waals surface area contributed by atoms with Gasteiger partial charge in [-0.05, 0) is 19.3 Å². The first-order valence-corrected chi connectivity index (χ1v) is 6.46. The van der Waals surface area contributed by atoms with Gasteiger partial charge in [0.05, 0.1) is 0 Å². The Kier molecular flexibility index (Phi) is 21.7. The molecule has 0 rings (SSSR count). The predicted octanol–water partition coefficient (Wildman–Crippen LogP) is -0.211. The molecule has 134 valence electrons. The molecule has 0 heterocycles. The van der Waals surface area contributed by atoms with E-state index in [0.29, 0.717) is 31.4 Å². The van der Waals surface area contributed by atoms with Gasteiger partial charge in [0.15, 0.2) is 0 Å². The van der Waals surface area contributed by atoms with Crippen LogP contribution in [0.1, 0.15) is 32.1 Å². The lowest BCUT2D eigenvalue weighted by atomic mass is 10.2. The quantitative estimate of drug-likeness (QED) is 0.242. The van der Waals surface area contributed by atoms with Gasteiger partial charge in [-0.2, -0.15) is 0 Å². The van der Waals surface area contributed by atoms with Crippen LogP contribution in [0.25, 0.3) is 0 Å². The predicted molar refractivity (Wildman–Crippen MR) is 76.9 cm³/mol. The number of carboxylic acids is 4. The highest BCUT2D eigenvalue weighted by Gasteiger charge is 1.99. The van der Waals surface area contributed by atoms with Gasteiger partial charge in [-0.25, -0.2) is 9.59 Å². The molecule has 0 amide bonds. The molecule has 0 bridgehead atoms. The SMILES string of the molecule is O=C(O)C=CC(=O)O.O=C(O)CCCCC(=O)O.OCCCO. The number of carboxylic acid groups (broad SMARTS) is 4. The first-order valence-electron chi connectivity index (χ1n) is 6.46. The molecule has 6 N–H and O–H groups in total. The van der Waals surface area contributed by atoms with Crippen LogP contribution in [0.5, 0.6) is 0 Å². The van der Waals surface area contributed by atoms with Gasteiger partial charge in [0.1, 0.15) is 0 Å². The molecule has 0 aromatic rings. The Labute approximate surface area is 132 Å². The molecule has 0 aliphatic rings. The topological polar surface area (TPSA) is 190 Å². The normalized spacial score (nSPS) is 9.13. The average Bonchev–Trinajstić information content (AvgIpc) is 2.43. The number of aliphatic hydroxyl groups excluding tert-OH is 2. The fourth-order valence-electron chi connectivity index (χ4n) is 0.766. The summed E-state index contributed by atoms with van der Waals surface area (Å²) in [7, 11) is 0. The summed E-state index contributed by atoms with van der Waals surface area (Å²) in [6.07, 6.45) is 2.63. The summed E-state index contributed by atoms with van der Waals surface area (Å²) in [6.45, 7) is 0.188. The average molecular weight is 338 g/mol. The maximum atomic E-state index is 9.90. The standard InChI is InChI=1S/C6H10O4.C4H4O4.C3H8O2/c7-5(8)3-1-2-4-6(9)10;5-3(6)1-2-4(7)8;4-2-1-3-5/h1-4H2,(H,7,8)(H,9,10);1-2H,(H,5,6)(H,7,8);4-5H,1-3H2. The van der Waals surface area contributed by atoms with Crippen molar-refractivity contribution in [3.8, 4) is 0 Å². The van der Waals surface area contributed by atoms with Crippen molar-refractivity contribution in [3.05, 3.63) is 12.2 Å². The van der Waals surface area contributed by atoms with Crippen molar-refractivity contribution < 1.29 is 49.8 Å². The Morgan fingerprint density at radius 3 is 1.04 bits per heavy atom. The summed E-state index contributed by atoms with van der Waals surface area (Å²) in [5, 5.41) is 47.7. The second-order valence-corrected chi connectivity index (χ2v) is 3.81. The Hall–Kier alpha value is -2.46. The smallest absolute Gasteiger partial charge is 0.328 e. The minimum atomic E-state index is -1.26. The van der Waals surface area contributed by atoms with E-state index in [1.54, 1.807) is 0 Å². The van der Waals surface area contributed by atoms with E-state index in [9.17, 15) is 19.2 Å². The Morgan fingerprint density at radius 1 is 0.609 bits per heavy atom. The van der Waals surface area contributed by atoms with Crippen LogP contribution in [-0.2, 0) is 19.2 Å². The number of aliphatic carboxylic acids is 4. The van der Waals surface area contributed by atoms with Gasteiger partial charge >= 0.3 is 23.9 Å². The van der Waals surface area contributed by atoms with Gasteiger partial charge < -0.3 is 30.6 Å². The van der Waals surface area contributed by atoms with Gasteiger partial charge in [-0.15, -0.1) is 0 Å². The van der Waals surface area contributed by atoms with Crippen molar-refractivity contribution in [3.63, 3.8) is 0 Å². The van der Waals surface area contributed by atoms with Crippen LogP contribution in [0, 0.1) is 0 Å². The van der Waals surface area contributed by atoms with E-state index >= 15 is 0 Å². The van der Waals surface area contributed by atoms with Crippen LogP contribution in [0.3, 0.4) is 0 Å². The Balaban J connectivity index is -0.000000276. The van der Waals surface area contributed by atoms with Gasteiger partial charge in [-0.3, -0.25) is 9.59 Å². The molecule has 0 aliphatic heterocycles. The lowest BCUT2D eigenvalue weighted by Crippen LogP contribution is -1.97. The molecule has 0 aromatic heterocycles. The van der Waals surface area contributed by atoms with E-state index in [1.807, 2.05) is 0 Å². The van der Waals surface area contributed by atoms with E-state index in [4.69, 9.17) is 30.6 Å². The molecular weight excluding hydrogens is 316 g/mol. The monoisotopic (exact) mass is 338 g/mol. The van der Waals surface area contributed by atoms with Crippen molar-refractivity contribution in [1.29, 1.82) is 0 Å². The number of unbranched alkanes of at least 4 members (excludes halogenated alkanes) is 1. The molecule has 0 spiro atoms. The summed E-state index contributed by atoms with van der Waals surface area (Å²) in [5.74, 6) is -4.25. The molecular formula is C13H22O10. The zero-order chi connectivity index (χ0) is 18.7. The molecule has 10 nitrogen and oxygen atoms in total. The maximum Gasteiger partial charge on any atom is 0.328 e. The fourth-order valence-corrected chi connectivity index (χ4v) is 0.766. The number of carbonyl (C=O) groups is 4. The highest BCUT2D eigenvalue weighted by Crippen LogP contribution is 1.98. The van der Waals surface area contributed by atoms with Crippen LogP contribution >= 0.6 is 0 Å². The van der Waals surface area contributed by atoms with E-state index in [-0.39, 0.29) is 26.1 Å². The summed E-state index contributed by atoms with van der Waals surface area (Å²) < 4.78 is 0. The van der Waals surface area contributed by atoms with E-state index in [2.05, 4.69) is 0 Å². The number of rotatable bonds is 9. The first kappa shape index (κ1) is 25.5. The van der Waals surface area contributed by atoms with Crippen LogP contribution < -0.4 is 0 Å². The van der Waals surface area contributed by atoms with Crippen LogP contribution in [0.15, 0.2) is 12.2 Å². The highest BCUT2D eigenvalue weighted by atomic mass is 16.4. The molecule has 0 aliphatic carbocycles. The molecule has 0 radical (unpaired) electrons. The summed E-state index contributed by atoms with van der Waals surface area (Å²) in [4.78, 5) is 38.9. The third-order valence-corrected chi connectivity index (χ3v) is 1.72. The number of aliphatic hydroxyl groups is 2. The van der Waals surface area contributed by atoms with Crippen LogP contribution in [-0.4, -0.2) is 67.7 Å². The highest BCUT2D eigenvalue weighted by molar-refractivity contribution is 5.89. The fraction of sp³-hybridized carbons (Fsp3) is 0.538. The van der Waals surface area contributed by atoms with Crippen molar-refractivity contribution in [2.75, 3.05) is 13.2 Å². The van der Waals surface area contributed by atoms with E-state index in [0.717, 1.165) is 0 Å². The van der Waals surface area contributed by atoms with Crippen molar-refractivity contribution in [2.45, 2.75) is 32.1 Å². The molecule has 23 heavy (non-hydrogen) atoms. The third kappa shape index (κ3) is 45.1. The lowest BCUT2D eigenvalue weighted by molar-refractivity contribution is -0.139. The maximum absolute atomic E-state index is 9.90. The molecule has 10 heteroatoms. The zero-order valence-electron chi connectivity index (χ0n) is 12.4. The van der Waals surface area contributed by atoms with E-state index < -0.39 is 23.9 Å². The first-order chi connectivity index (χ1) is 10.7. The number of hydrogen-bond donors (Lipinski definition) is 6. The summed E-state index contributed by atoms with van der Waals surface area (Å²) in [5.41, 5.74) is 0. The third-order valence-electron chi connectivity index (χ3n) is 1.72. The minimum absolute atomic E-state index is 0.0628. The van der Waals surface area contributed by atoms with Gasteiger partial charge in [0.25, 0.3) is 0 Å². The van der Waals surface area contributed by atoms with Gasteiger partial charge in [0, 0.05) is 38.2 Å². The summed E-state index contributed by atoms with van der Waals surface area (Å²) >= 11 is 0. The zero-order valence-corrected chi connectivity index (χ0v) is 12.4. The molecule has 0 atom stereocenters. The molecule has 0 unspecified atom stereocenters. The molecule has 0 saturated heterocycles. The second kappa shape index (κ2) is 19.5. The van der Waals surface area contributed by atoms with Gasteiger partial charge in [-0.1, -0.05) is 0 Å². The van der Waals surface area contributed by atoms with Crippen molar-refractivity contribution in [2.24, 2.45) is 0 Å². The van der Waals surface area contributed by atoms with Crippen LogP contribution in [0.2, 0.25) is 0 Å². The van der Waals surface area contributed by atoms with Crippen molar-refractivity contribution in [1.82, 2.24) is 0 Å². The van der Waals surface area contributed by atoms with E-state index in [1.165, 1.54) is 0 Å². The number of hydrogen-bond acceptors (Lipinski definition) is 6. The molecule has 0 fully saturated rings. The lowest BCUT2D eigenvalue weighted by Gasteiger charge is -1.92. The summed E-state index contributed by atoms with van der Waals surface area (Å²) in [6, 6.07) is 0.